The third-order valence-electron chi connectivity index (χ3n) is 4.44. The number of nitrogens with zero attached hydrogens (tertiary/aromatic N) is 3. The van der Waals surface area contributed by atoms with Crippen LogP contribution in [0.25, 0.3) is 5.82 Å². The smallest absolute Gasteiger partial charge is 0.280 e. The molecule has 0 saturated heterocycles. The molecule has 0 radical (unpaired) electrons. The molecule has 0 aliphatic rings. The first-order valence-electron chi connectivity index (χ1n) is 9.21. The number of aliphatic imine (C=N–C) groups is 1. The maximum absolute atomic E-state index is 13.0. The minimum absolute atomic E-state index is 0.0197. The predicted molar refractivity (Wildman–Crippen MR) is 120 cm³/mol. The van der Waals surface area contributed by atoms with Gasteiger partial charge in [0.25, 0.3) is 5.56 Å². The molecule has 1 aromatic carbocycles. The van der Waals surface area contributed by atoms with E-state index in [2.05, 4.69) is 21.4 Å². The average molecular weight is 439 g/mol. The highest BCUT2D eigenvalue weighted by Crippen LogP contribution is 2.19. The summed E-state index contributed by atoms with van der Waals surface area (Å²) >= 11 is 0. The highest BCUT2D eigenvalue weighted by atomic mass is 32.2. The fourth-order valence-corrected chi connectivity index (χ4v) is 4.20. The van der Waals surface area contributed by atoms with Crippen LogP contribution in [0.5, 0.6) is 0 Å². The Morgan fingerprint density at radius 2 is 1.90 bits per heavy atom. The molecule has 0 fully saturated rings. The van der Waals surface area contributed by atoms with E-state index in [9.17, 15) is 18.0 Å². The maximum Gasteiger partial charge on any atom is 0.280 e. The third kappa shape index (κ3) is 5.23. The largest absolute Gasteiger partial charge is 0.396 e. The molecule has 160 valence electrons. The van der Waals surface area contributed by atoms with Gasteiger partial charge in [0.05, 0.1) is 17.9 Å². The summed E-state index contributed by atoms with van der Waals surface area (Å²) in [4.78, 5) is 32.0. The number of hydrogen-bond donors (Lipinski definition) is 2. The molecule has 1 amide bonds. The van der Waals surface area contributed by atoms with Gasteiger partial charge in [0.1, 0.15) is 5.69 Å². The van der Waals surface area contributed by atoms with E-state index in [1.807, 2.05) is 0 Å². The number of nitrogen functional groups attached to an aromatic ring is 1. The summed E-state index contributed by atoms with van der Waals surface area (Å²) in [6, 6.07) is 13.1. The predicted octanol–water partition coefficient (Wildman–Crippen LogP) is 1.83. The molecule has 0 spiro atoms. The van der Waals surface area contributed by atoms with Gasteiger partial charge < -0.3 is 5.73 Å². The summed E-state index contributed by atoms with van der Waals surface area (Å²) in [6.45, 7) is 4.85. The monoisotopic (exact) mass is 439 g/mol. The Bertz CT molecular complexity index is 1300. The van der Waals surface area contributed by atoms with E-state index in [1.165, 1.54) is 22.9 Å². The lowest BCUT2D eigenvalue weighted by atomic mass is 10.2. The number of amides is 1. The quantitative estimate of drug-likeness (QED) is 0.539. The fraction of sp³-hybridized carbons (Fsp3) is 0.143. The van der Waals surface area contributed by atoms with Crippen LogP contribution in [0, 0.1) is 6.92 Å². The van der Waals surface area contributed by atoms with Crippen molar-refractivity contribution in [1.29, 1.82) is 0 Å². The van der Waals surface area contributed by atoms with Crippen LogP contribution in [0.3, 0.4) is 0 Å². The van der Waals surface area contributed by atoms with Crippen LogP contribution >= 0.6 is 0 Å². The van der Waals surface area contributed by atoms with Gasteiger partial charge in [-0.25, -0.2) is 18.4 Å². The second-order valence-corrected chi connectivity index (χ2v) is 8.58. The zero-order chi connectivity index (χ0) is 22.6. The van der Waals surface area contributed by atoms with Crippen LogP contribution in [-0.4, -0.2) is 30.6 Å². The summed E-state index contributed by atoms with van der Waals surface area (Å²) in [5.74, 6) is -0.576. The highest BCUT2D eigenvalue weighted by Gasteiger charge is 2.18. The van der Waals surface area contributed by atoms with E-state index in [4.69, 9.17) is 5.73 Å². The van der Waals surface area contributed by atoms with Crippen molar-refractivity contribution in [3.8, 4) is 5.82 Å². The Hall–Kier alpha value is -3.79. The molecule has 3 aromatic rings. The lowest BCUT2D eigenvalue weighted by Gasteiger charge is -2.15. The lowest BCUT2D eigenvalue weighted by molar-refractivity contribution is -0.117. The van der Waals surface area contributed by atoms with E-state index in [0.717, 1.165) is 0 Å². The van der Waals surface area contributed by atoms with Gasteiger partial charge in [-0.1, -0.05) is 30.3 Å². The van der Waals surface area contributed by atoms with Crippen molar-refractivity contribution >= 4 is 34.0 Å². The molecule has 0 atom stereocenters. The molecule has 10 heteroatoms. The summed E-state index contributed by atoms with van der Waals surface area (Å²) in [7, 11) is -3.82. The summed E-state index contributed by atoms with van der Waals surface area (Å²) in [6.07, 6.45) is 1.39. The van der Waals surface area contributed by atoms with E-state index in [0.29, 0.717) is 16.8 Å². The van der Waals surface area contributed by atoms with Gasteiger partial charge in [0.2, 0.25) is 15.9 Å². The molecule has 3 N–H and O–H groups in total. The molecule has 9 nitrogen and oxygen atoms in total. The summed E-state index contributed by atoms with van der Waals surface area (Å²) in [5, 5.41) is 0. The Morgan fingerprint density at radius 1 is 1.19 bits per heavy atom. The molecule has 2 heterocycles. The number of carbonyl (C=O) groups is 1. The molecular weight excluding hydrogens is 418 g/mol. The highest BCUT2D eigenvalue weighted by molar-refractivity contribution is 7.91. The normalized spacial score (nSPS) is 11.1. The minimum atomic E-state index is -3.82. The molecule has 0 saturated carbocycles. The fourth-order valence-electron chi connectivity index (χ4n) is 3.00. The van der Waals surface area contributed by atoms with Crippen LogP contribution in [-0.2, 0) is 27.0 Å². The topological polar surface area (TPSA) is 137 Å². The maximum atomic E-state index is 13.0. The van der Waals surface area contributed by atoms with E-state index >= 15 is 0 Å². The molecule has 0 aliphatic heterocycles. The van der Waals surface area contributed by atoms with Crippen molar-refractivity contribution in [2.75, 3.05) is 10.5 Å². The van der Waals surface area contributed by atoms with Crippen molar-refractivity contribution in [2.45, 2.75) is 19.1 Å². The van der Waals surface area contributed by atoms with Gasteiger partial charge in [-0.3, -0.25) is 18.9 Å². The van der Waals surface area contributed by atoms with Gasteiger partial charge in [0, 0.05) is 11.9 Å². The van der Waals surface area contributed by atoms with Crippen LogP contribution < -0.4 is 16.0 Å². The number of aryl methyl sites for hydroxylation is 1. The van der Waals surface area contributed by atoms with Crippen molar-refractivity contribution in [3.05, 3.63) is 81.9 Å². The first-order valence-corrected chi connectivity index (χ1v) is 10.9. The number of nitrogens with two attached hydrogens (primary N) is 1. The summed E-state index contributed by atoms with van der Waals surface area (Å²) in [5.41, 5.74) is 7.09. The number of aromatic nitrogens is 2. The van der Waals surface area contributed by atoms with Crippen molar-refractivity contribution in [2.24, 2.45) is 4.99 Å². The van der Waals surface area contributed by atoms with Crippen LogP contribution in [0.4, 0.5) is 11.4 Å². The SMILES string of the molecule is C=NC(=O)Cc1cnc(-n2c(C)ccc(NS(=O)(=O)Cc3ccccc3)c2=O)c(N)c1. The number of rotatable bonds is 7. The van der Waals surface area contributed by atoms with E-state index in [-0.39, 0.29) is 29.4 Å². The van der Waals surface area contributed by atoms with Crippen molar-refractivity contribution < 1.29 is 13.2 Å². The van der Waals surface area contributed by atoms with Crippen molar-refractivity contribution in [3.63, 3.8) is 0 Å². The van der Waals surface area contributed by atoms with Gasteiger partial charge in [-0.15, -0.1) is 0 Å². The van der Waals surface area contributed by atoms with Gasteiger partial charge in [0.15, 0.2) is 5.82 Å². The molecule has 0 unspecified atom stereocenters. The third-order valence-corrected chi connectivity index (χ3v) is 5.68. The number of carbonyl (C=O) groups excluding carboxylic acids is 1. The molecular formula is C21H21N5O4S. The zero-order valence-corrected chi connectivity index (χ0v) is 17.6. The van der Waals surface area contributed by atoms with Gasteiger partial charge >= 0.3 is 0 Å². The van der Waals surface area contributed by atoms with Crippen LogP contribution in [0.1, 0.15) is 16.8 Å². The number of anilines is 2. The lowest BCUT2D eigenvalue weighted by Crippen LogP contribution is -2.28. The molecule has 2 aromatic heterocycles. The second-order valence-electron chi connectivity index (χ2n) is 6.86. The van der Waals surface area contributed by atoms with Crippen LogP contribution in [0.15, 0.2) is 64.5 Å². The average Bonchev–Trinajstić information content (AvgIpc) is 2.72. The second kappa shape index (κ2) is 8.92. The molecule has 0 bridgehead atoms. The van der Waals surface area contributed by atoms with Gasteiger partial charge in [-0.05, 0) is 43.0 Å². The number of hydrogen-bond acceptors (Lipinski definition) is 6. The first kappa shape index (κ1) is 21.9. The van der Waals surface area contributed by atoms with E-state index < -0.39 is 21.5 Å². The molecule has 3 rings (SSSR count). The molecule has 31 heavy (non-hydrogen) atoms. The first-order chi connectivity index (χ1) is 14.7. The standard InChI is InChI=1S/C21H21N5O4S/c1-14-8-9-18(25-31(29,30)13-15-6-4-3-5-7-15)21(28)26(14)20-17(22)10-16(12-24-20)11-19(27)23-2/h3-10,12,25H,2,11,13,22H2,1H3. The Labute approximate surface area is 179 Å². The Balaban J connectivity index is 1.95. The number of sulfonamides is 1. The van der Waals surface area contributed by atoms with E-state index in [1.54, 1.807) is 43.3 Å². The Kier molecular flexibility index (Phi) is 6.30. The number of benzene rings is 1. The van der Waals surface area contributed by atoms with Crippen LogP contribution in [0.2, 0.25) is 0 Å². The number of pyridine rings is 2. The zero-order valence-electron chi connectivity index (χ0n) is 16.8. The van der Waals surface area contributed by atoms with Crippen molar-refractivity contribution in [1.82, 2.24) is 9.55 Å². The summed E-state index contributed by atoms with van der Waals surface area (Å²) < 4.78 is 28.7. The number of nitrogens with one attached hydrogen (secondary N) is 1. The van der Waals surface area contributed by atoms with Gasteiger partial charge in [-0.2, -0.15) is 0 Å². The Morgan fingerprint density at radius 3 is 2.55 bits per heavy atom. The minimum Gasteiger partial charge on any atom is -0.396 e. The molecule has 0 aliphatic carbocycles.